The van der Waals surface area contributed by atoms with E-state index in [-0.39, 0.29) is 19.1 Å². The highest BCUT2D eigenvalue weighted by Crippen LogP contribution is 2.43. The van der Waals surface area contributed by atoms with E-state index in [0.717, 1.165) is 51.4 Å². The summed E-state index contributed by atoms with van der Waals surface area (Å²) in [5.74, 6) is -0.190. The molecule has 71 heavy (non-hydrogen) atoms. The molecule has 0 aliphatic heterocycles. The van der Waals surface area contributed by atoms with Crippen LogP contribution in [0, 0.1) is 0 Å². The molecule has 0 saturated heterocycles. The Morgan fingerprint density at radius 3 is 1.23 bits per heavy atom. The molecule has 3 atom stereocenters. The van der Waals surface area contributed by atoms with Gasteiger partial charge in [-0.2, -0.15) is 0 Å². The fraction of sp³-hybridized carbons (Fsp3) is 0.823. The van der Waals surface area contributed by atoms with Crippen LogP contribution in [0.15, 0.2) is 60.8 Å². The Labute approximate surface area is 441 Å². The summed E-state index contributed by atoms with van der Waals surface area (Å²) in [7, 11) is 1.55. The topological polar surface area (TPSA) is 105 Å². The van der Waals surface area contributed by atoms with Gasteiger partial charge >= 0.3 is 7.82 Å². The van der Waals surface area contributed by atoms with Crippen LogP contribution in [0.5, 0.6) is 0 Å². The zero-order valence-electron chi connectivity index (χ0n) is 47.5. The number of quaternary nitrogens is 1. The number of allylic oxidation sites excluding steroid dienone is 9. The van der Waals surface area contributed by atoms with E-state index in [2.05, 4.69) is 67.8 Å². The van der Waals surface area contributed by atoms with Gasteiger partial charge < -0.3 is 19.8 Å². The summed E-state index contributed by atoms with van der Waals surface area (Å²) in [4.78, 5) is 23.3. The second-order valence-electron chi connectivity index (χ2n) is 21.7. The predicted octanol–water partition coefficient (Wildman–Crippen LogP) is 18.5. The number of amides is 1. The van der Waals surface area contributed by atoms with Crippen LogP contribution in [0.1, 0.15) is 277 Å². The number of carbonyl (C=O) groups is 1. The van der Waals surface area contributed by atoms with Gasteiger partial charge in [0.1, 0.15) is 13.2 Å². The Hall–Kier alpha value is -1.80. The number of nitrogens with one attached hydrogen (secondary N) is 1. The van der Waals surface area contributed by atoms with Crippen molar-refractivity contribution in [1.82, 2.24) is 5.32 Å². The summed E-state index contributed by atoms with van der Waals surface area (Å²) in [6, 6.07) is -0.870. The minimum absolute atomic E-state index is 0.0527. The fourth-order valence-electron chi connectivity index (χ4n) is 8.69. The number of unbranched alkanes of at least 4 members (excludes halogenated alkanes) is 34. The monoisotopic (exact) mass is 1020 g/mol. The molecular formula is C62H118N2O6P+. The van der Waals surface area contributed by atoms with Gasteiger partial charge in [-0.1, -0.05) is 254 Å². The van der Waals surface area contributed by atoms with E-state index in [1.165, 1.54) is 205 Å². The van der Waals surface area contributed by atoms with Crippen LogP contribution >= 0.6 is 7.82 Å². The summed E-state index contributed by atoms with van der Waals surface area (Å²) in [5.41, 5.74) is 0. The maximum atomic E-state index is 13.0. The molecule has 0 aromatic heterocycles. The number of rotatable bonds is 55. The van der Waals surface area contributed by atoms with Crippen molar-refractivity contribution in [3.05, 3.63) is 60.8 Å². The van der Waals surface area contributed by atoms with Gasteiger partial charge in [0.2, 0.25) is 5.91 Å². The lowest BCUT2D eigenvalue weighted by atomic mass is 10.0. The molecule has 9 heteroatoms. The van der Waals surface area contributed by atoms with Crippen molar-refractivity contribution in [2.24, 2.45) is 0 Å². The highest BCUT2D eigenvalue weighted by molar-refractivity contribution is 7.47. The lowest BCUT2D eigenvalue weighted by Crippen LogP contribution is -2.45. The first-order chi connectivity index (χ1) is 34.5. The second kappa shape index (κ2) is 53.0. The summed E-state index contributed by atoms with van der Waals surface area (Å²) in [6.45, 7) is 4.78. The van der Waals surface area contributed by atoms with Crippen LogP contribution in [-0.2, 0) is 18.4 Å². The maximum absolute atomic E-state index is 13.0. The molecule has 0 aliphatic rings. The molecule has 1 amide bonds. The van der Waals surface area contributed by atoms with Crippen LogP contribution in [0.3, 0.4) is 0 Å². The van der Waals surface area contributed by atoms with E-state index in [1.54, 1.807) is 6.08 Å². The number of nitrogens with zero attached hydrogens (tertiary/aromatic N) is 1. The Kier molecular flexibility index (Phi) is 51.7. The molecule has 0 aliphatic carbocycles. The SMILES string of the molecule is CCCCCC/C=C/CC/C=C/CC/C=C/C(O)C(COP(=O)(O)OCC[N+](C)(C)C)NC(=O)CCCCCCCCCCCCCCCCCCC/C=C\C/C=C\CCCCCCCCCCCCC. The summed E-state index contributed by atoms with van der Waals surface area (Å²) >= 11 is 0. The van der Waals surface area contributed by atoms with Crippen molar-refractivity contribution in [2.75, 3.05) is 40.9 Å². The minimum atomic E-state index is -4.36. The number of aliphatic hydroxyl groups excluding tert-OH is 1. The number of carbonyl (C=O) groups excluding carboxylic acids is 1. The van der Waals surface area contributed by atoms with Crippen LogP contribution in [0.4, 0.5) is 0 Å². The lowest BCUT2D eigenvalue weighted by molar-refractivity contribution is -0.870. The molecule has 8 nitrogen and oxygen atoms in total. The molecule has 0 radical (unpaired) electrons. The number of likely N-dealkylation sites (N-methyl/N-ethyl adjacent to an activating group) is 1. The second-order valence-corrected chi connectivity index (χ2v) is 23.2. The normalized spacial score (nSPS) is 14.3. The Balaban J connectivity index is 4.02. The van der Waals surface area contributed by atoms with E-state index in [4.69, 9.17) is 9.05 Å². The van der Waals surface area contributed by atoms with Crippen molar-refractivity contribution in [3.63, 3.8) is 0 Å². The summed E-state index contributed by atoms with van der Waals surface area (Å²) in [5, 5.41) is 13.9. The zero-order valence-corrected chi connectivity index (χ0v) is 48.4. The largest absolute Gasteiger partial charge is 0.472 e. The molecule has 3 unspecified atom stereocenters. The van der Waals surface area contributed by atoms with Gasteiger partial charge in [0, 0.05) is 6.42 Å². The van der Waals surface area contributed by atoms with Gasteiger partial charge in [-0.15, -0.1) is 0 Å². The van der Waals surface area contributed by atoms with Gasteiger partial charge in [-0.05, 0) is 77.0 Å². The fourth-order valence-corrected chi connectivity index (χ4v) is 9.43. The van der Waals surface area contributed by atoms with Crippen molar-refractivity contribution in [2.45, 2.75) is 289 Å². The molecule has 0 spiro atoms. The number of hydrogen-bond donors (Lipinski definition) is 3. The molecule has 0 saturated carbocycles. The third kappa shape index (κ3) is 55.8. The zero-order chi connectivity index (χ0) is 52.0. The van der Waals surface area contributed by atoms with Crippen molar-refractivity contribution < 1.29 is 32.9 Å². The third-order valence-corrected chi connectivity index (χ3v) is 14.4. The predicted molar refractivity (Wildman–Crippen MR) is 309 cm³/mol. The van der Waals surface area contributed by atoms with E-state index < -0.39 is 20.0 Å². The molecule has 0 fully saturated rings. The first-order valence-electron chi connectivity index (χ1n) is 30.2. The highest BCUT2D eigenvalue weighted by Gasteiger charge is 2.27. The number of aliphatic hydroxyl groups is 1. The third-order valence-electron chi connectivity index (χ3n) is 13.4. The highest BCUT2D eigenvalue weighted by atomic mass is 31.2. The molecular weight excluding hydrogens is 900 g/mol. The summed E-state index contributed by atoms with van der Waals surface area (Å²) < 4.78 is 23.6. The van der Waals surface area contributed by atoms with Crippen molar-refractivity contribution in [1.29, 1.82) is 0 Å². The Morgan fingerprint density at radius 1 is 0.479 bits per heavy atom. The quantitative estimate of drug-likeness (QED) is 0.0243. The van der Waals surface area contributed by atoms with Gasteiger partial charge in [0.15, 0.2) is 0 Å². The van der Waals surface area contributed by atoms with Gasteiger partial charge in [-0.3, -0.25) is 13.8 Å². The van der Waals surface area contributed by atoms with Gasteiger partial charge in [-0.25, -0.2) is 4.57 Å². The van der Waals surface area contributed by atoms with Crippen LogP contribution in [-0.4, -0.2) is 73.4 Å². The molecule has 0 rings (SSSR count). The molecule has 3 N–H and O–H groups in total. The smallest absolute Gasteiger partial charge is 0.387 e. The van der Waals surface area contributed by atoms with Gasteiger partial charge in [0.25, 0.3) is 0 Å². The van der Waals surface area contributed by atoms with E-state index in [9.17, 15) is 19.4 Å². The maximum Gasteiger partial charge on any atom is 0.472 e. The minimum Gasteiger partial charge on any atom is -0.387 e. The average Bonchev–Trinajstić information content (AvgIpc) is 3.33. The van der Waals surface area contributed by atoms with Gasteiger partial charge in [0.05, 0.1) is 39.9 Å². The van der Waals surface area contributed by atoms with Crippen molar-refractivity contribution >= 4 is 13.7 Å². The molecule has 0 aromatic rings. The number of phosphoric acid groups is 1. The average molecular weight is 1020 g/mol. The first kappa shape index (κ1) is 69.2. The lowest BCUT2D eigenvalue weighted by Gasteiger charge is -2.25. The van der Waals surface area contributed by atoms with Crippen LogP contribution in [0.2, 0.25) is 0 Å². The van der Waals surface area contributed by atoms with Crippen LogP contribution in [0.25, 0.3) is 0 Å². The van der Waals surface area contributed by atoms with Crippen LogP contribution < -0.4 is 5.32 Å². The van der Waals surface area contributed by atoms with Crippen molar-refractivity contribution in [3.8, 4) is 0 Å². The molecule has 416 valence electrons. The van der Waals surface area contributed by atoms with E-state index in [1.807, 2.05) is 27.2 Å². The Bertz CT molecular complexity index is 1340. The Morgan fingerprint density at radius 2 is 0.817 bits per heavy atom. The molecule has 0 aromatic carbocycles. The van der Waals surface area contributed by atoms with E-state index >= 15 is 0 Å². The summed E-state index contributed by atoms with van der Waals surface area (Å²) in [6.07, 6.45) is 72.1. The molecule has 0 heterocycles. The number of hydrogen-bond acceptors (Lipinski definition) is 5. The standard InChI is InChI=1S/C62H117N2O6P/c1-6-8-10-12-14-16-18-20-22-23-24-25-26-27-28-29-30-31-32-33-34-35-36-37-38-39-40-41-42-44-46-48-50-52-54-56-62(66)63-60(59-70-71(67,68)69-58-57-64(3,4)5)61(65)55-53-51-49-47-45-43-21-19-17-15-13-11-9-7-2/h17,19,26-27,29-30,45,47,53,55,60-61,65H,6-16,18,20-25,28,31-44,46,48-52,54,56-59H2,1-5H3,(H-,63,66,67,68)/p+1/b19-17+,27-26-,30-29-,47-45+,55-53+. The molecule has 0 bridgehead atoms. The first-order valence-corrected chi connectivity index (χ1v) is 31.7. The number of phosphoric ester groups is 1. The van der Waals surface area contributed by atoms with E-state index in [0.29, 0.717) is 17.4 Å².